The van der Waals surface area contributed by atoms with Crippen molar-refractivity contribution < 1.29 is 14.4 Å². The summed E-state index contributed by atoms with van der Waals surface area (Å²) in [5.41, 5.74) is 0.441. The highest BCUT2D eigenvalue weighted by Gasteiger charge is 2.55. The second-order valence-electron chi connectivity index (χ2n) is 7.54. The lowest BCUT2D eigenvalue weighted by Crippen LogP contribution is -2.49. The number of urea groups is 1. The van der Waals surface area contributed by atoms with Crippen molar-refractivity contribution in [2.24, 2.45) is 0 Å². The SMILES string of the molecule is CN1C(=O)N(CC(=O)Nc2nc(-c3cc(Cl)ccc3Cl)cs2)C(=O)C12CCCCC2. The van der Waals surface area contributed by atoms with Gasteiger partial charge in [0.2, 0.25) is 5.91 Å². The lowest BCUT2D eigenvalue weighted by Gasteiger charge is -2.35. The molecule has 0 unspecified atom stereocenters. The molecular formula is C20H20Cl2N4O3S. The van der Waals surface area contributed by atoms with E-state index in [1.54, 1.807) is 30.6 Å². The Bertz CT molecular complexity index is 1020. The molecule has 2 heterocycles. The summed E-state index contributed by atoms with van der Waals surface area (Å²) in [6.07, 6.45) is 4.14. The summed E-state index contributed by atoms with van der Waals surface area (Å²) >= 11 is 13.5. The van der Waals surface area contributed by atoms with Gasteiger partial charge < -0.3 is 10.2 Å². The number of carbonyl (C=O) groups is 3. The maximum absolute atomic E-state index is 13.0. The number of rotatable bonds is 4. The smallest absolute Gasteiger partial charge is 0.313 e. The van der Waals surface area contributed by atoms with Gasteiger partial charge in [-0.15, -0.1) is 11.3 Å². The lowest BCUT2D eigenvalue weighted by atomic mass is 9.81. The Morgan fingerprint density at radius 2 is 1.97 bits per heavy atom. The van der Waals surface area contributed by atoms with Crippen molar-refractivity contribution in [2.45, 2.75) is 37.6 Å². The van der Waals surface area contributed by atoms with Crippen molar-refractivity contribution in [3.63, 3.8) is 0 Å². The zero-order chi connectivity index (χ0) is 21.5. The Labute approximate surface area is 188 Å². The number of hydrogen-bond donors (Lipinski definition) is 1. The zero-order valence-electron chi connectivity index (χ0n) is 16.3. The van der Waals surface area contributed by atoms with Gasteiger partial charge in [0.25, 0.3) is 5.91 Å². The average molecular weight is 467 g/mol. The van der Waals surface area contributed by atoms with Crippen molar-refractivity contribution in [3.05, 3.63) is 33.6 Å². The molecule has 10 heteroatoms. The van der Waals surface area contributed by atoms with Crippen molar-refractivity contribution >= 4 is 57.5 Å². The molecule has 7 nitrogen and oxygen atoms in total. The molecule has 1 aromatic heterocycles. The minimum absolute atomic E-state index is 0.282. The molecule has 1 aliphatic heterocycles. The number of anilines is 1. The summed E-state index contributed by atoms with van der Waals surface area (Å²) in [5.74, 6) is -0.758. The van der Waals surface area contributed by atoms with Crippen LogP contribution < -0.4 is 5.32 Å². The molecule has 1 saturated heterocycles. The molecule has 0 bridgehead atoms. The number of imide groups is 1. The number of benzene rings is 1. The third-order valence-corrected chi connectivity index (χ3v) is 7.06. The molecule has 30 heavy (non-hydrogen) atoms. The molecule has 2 fully saturated rings. The number of amides is 4. The third kappa shape index (κ3) is 3.68. The van der Waals surface area contributed by atoms with Crippen LogP contribution >= 0.6 is 34.5 Å². The highest BCUT2D eigenvalue weighted by Crippen LogP contribution is 2.39. The van der Waals surface area contributed by atoms with Gasteiger partial charge in [-0.3, -0.25) is 14.5 Å². The number of nitrogens with zero attached hydrogens (tertiary/aromatic N) is 3. The standard InChI is InChI=1S/C20H20Cl2N4O3S/c1-25-19(29)26(17(28)20(25)7-3-2-4-8-20)10-16(27)24-18-23-15(11-30-18)13-9-12(21)5-6-14(13)22/h5-6,9,11H,2-4,7-8,10H2,1H3,(H,23,24,27). The van der Waals surface area contributed by atoms with Gasteiger partial charge in [0.15, 0.2) is 5.13 Å². The molecule has 0 radical (unpaired) electrons. The Morgan fingerprint density at radius 3 is 2.70 bits per heavy atom. The van der Waals surface area contributed by atoms with Crippen molar-refractivity contribution in [3.8, 4) is 11.3 Å². The normalized spacial score (nSPS) is 18.4. The second kappa shape index (κ2) is 8.17. The monoisotopic (exact) mass is 466 g/mol. The Balaban J connectivity index is 1.45. The van der Waals surface area contributed by atoms with Crippen LogP contribution in [0.15, 0.2) is 23.6 Å². The maximum Gasteiger partial charge on any atom is 0.327 e. The maximum atomic E-state index is 13.0. The molecular weight excluding hydrogens is 447 g/mol. The van der Waals surface area contributed by atoms with E-state index in [9.17, 15) is 14.4 Å². The molecule has 1 N–H and O–H groups in total. The van der Waals surface area contributed by atoms with E-state index in [0.29, 0.717) is 39.3 Å². The summed E-state index contributed by atoms with van der Waals surface area (Å²) in [6.45, 7) is -0.337. The number of halogens is 2. The Hall–Kier alpha value is -2.16. The number of aromatic nitrogens is 1. The van der Waals surface area contributed by atoms with E-state index in [1.165, 1.54) is 16.2 Å². The number of nitrogens with one attached hydrogen (secondary N) is 1. The van der Waals surface area contributed by atoms with E-state index in [-0.39, 0.29) is 12.5 Å². The van der Waals surface area contributed by atoms with E-state index >= 15 is 0 Å². The minimum Gasteiger partial charge on any atom is -0.313 e. The van der Waals surface area contributed by atoms with Gasteiger partial charge in [-0.05, 0) is 31.0 Å². The van der Waals surface area contributed by atoms with Crippen LogP contribution in [0.2, 0.25) is 10.0 Å². The predicted molar refractivity (Wildman–Crippen MR) is 117 cm³/mol. The quantitative estimate of drug-likeness (QED) is 0.664. The van der Waals surface area contributed by atoms with Crippen LogP contribution in [-0.2, 0) is 9.59 Å². The van der Waals surface area contributed by atoms with Crippen LogP contribution in [0, 0.1) is 0 Å². The van der Waals surface area contributed by atoms with E-state index in [0.717, 1.165) is 24.2 Å². The first kappa shape index (κ1) is 21.1. The Kier molecular flexibility index (Phi) is 5.74. The minimum atomic E-state index is -0.798. The highest BCUT2D eigenvalue weighted by molar-refractivity contribution is 7.14. The van der Waals surface area contributed by atoms with Crippen LogP contribution in [0.1, 0.15) is 32.1 Å². The summed E-state index contributed by atoms with van der Waals surface area (Å²) in [7, 11) is 1.64. The van der Waals surface area contributed by atoms with E-state index in [1.807, 2.05) is 0 Å². The van der Waals surface area contributed by atoms with Crippen molar-refractivity contribution in [1.29, 1.82) is 0 Å². The van der Waals surface area contributed by atoms with E-state index < -0.39 is 17.5 Å². The Morgan fingerprint density at radius 1 is 1.23 bits per heavy atom. The summed E-state index contributed by atoms with van der Waals surface area (Å²) < 4.78 is 0. The third-order valence-electron chi connectivity index (χ3n) is 5.74. The molecule has 1 saturated carbocycles. The molecule has 2 aliphatic rings. The first-order valence-corrected chi connectivity index (χ1v) is 11.3. The molecule has 0 atom stereocenters. The lowest BCUT2D eigenvalue weighted by molar-refractivity contribution is -0.136. The number of hydrogen-bond acceptors (Lipinski definition) is 5. The fourth-order valence-electron chi connectivity index (χ4n) is 4.12. The number of likely N-dealkylation sites (N-methyl/N-ethyl adjacent to an activating group) is 1. The van der Waals surface area contributed by atoms with E-state index in [4.69, 9.17) is 23.2 Å². The highest BCUT2D eigenvalue weighted by atomic mass is 35.5. The summed E-state index contributed by atoms with van der Waals surface area (Å²) in [5, 5.41) is 5.80. The molecule has 1 aliphatic carbocycles. The fraction of sp³-hybridized carbons (Fsp3) is 0.400. The van der Waals surface area contributed by atoms with Crippen LogP contribution in [0.4, 0.5) is 9.93 Å². The first-order valence-electron chi connectivity index (χ1n) is 9.62. The van der Waals surface area contributed by atoms with Crippen molar-refractivity contribution in [2.75, 3.05) is 18.9 Å². The van der Waals surface area contributed by atoms with Crippen LogP contribution in [-0.4, -0.2) is 51.8 Å². The molecule has 1 spiro atoms. The van der Waals surface area contributed by atoms with Gasteiger partial charge in [0, 0.05) is 23.0 Å². The molecule has 4 rings (SSSR count). The second-order valence-corrected chi connectivity index (χ2v) is 9.24. The molecule has 1 aromatic carbocycles. The topological polar surface area (TPSA) is 82.6 Å². The van der Waals surface area contributed by atoms with Crippen LogP contribution in [0.25, 0.3) is 11.3 Å². The molecule has 4 amide bonds. The fourth-order valence-corrected chi connectivity index (χ4v) is 5.24. The van der Waals surface area contributed by atoms with Gasteiger partial charge >= 0.3 is 6.03 Å². The average Bonchev–Trinajstić information content (AvgIpc) is 3.25. The van der Waals surface area contributed by atoms with Gasteiger partial charge in [0.05, 0.1) is 10.7 Å². The number of carbonyl (C=O) groups excluding carboxylic acids is 3. The summed E-state index contributed by atoms with van der Waals surface area (Å²) in [6, 6.07) is 4.63. The van der Waals surface area contributed by atoms with Gasteiger partial charge in [-0.25, -0.2) is 9.78 Å². The van der Waals surface area contributed by atoms with Gasteiger partial charge in [-0.1, -0.05) is 42.5 Å². The van der Waals surface area contributed by atoms with Gasteiger partial charge in [0.1, 0.15) is 12.1 Å². The van der Waals surface area contributed by atoms with Gasteiger partial charge in [-0.2, -0.15) is 0 Å². The largest absolute Gasteiger partial charge is 0.327 e. The predicted octanol–water partition coefficient (Wildman–Crippen LogP) is 4.65. The molecule has 158 valence electrons. The van der Waals surface area contributed by atoms with E-state index in [2.05, 4.69) is 10.3 Å². The molecule has 2 aromatic rings. The first-order chi connectivity index (χ1) is 14.3. The van der Waals surface area contributed by atoms with Crippen LogP contribution in [0.5, 0.6) is 0 Å². The number of thiazole rings is 1. The zero-order valence-corrected chi connectivity index (χ0v) is 18.6. The summed E-state index contributed by atoms with van der Waals surface area (Å²) in [4.78, 5) is 45.1. The van der Waals surface area contributed by atoms with Crippen molar-refractivity contribution in [1.82, 2.24) is 14.8 Å². The van der Waals surface area contributed by atoms with Crippen LogP contribution in [0.3, 0.4) is 0 Å².